The summed E-state index contributed by atoms with van der Waals surface area (Å²) in [6.07, 6.45) is 1.40. The maximum Gasteiger partial charge on any atom is 0.245 e. The van der Waals surface area contributed by atoms with Crippen LogP contribution in [0.4, 0.5) is 5.88 Å². The van der Waals surface area contributed by atoms with Gasteiger partial charge in [-0.2, -0.15) is 0 Å². The summed E-state index contributed by atoms with van der Waals surface area (Å²) in [7, 11) is 0.322. The van der Waals surface area contributed by atoms with Crippen LogP contribution >= 0.6 is 0 Å². The van der Waals surface area contributed by atoms with Gasteiger partial charge in [-0.1, -0.05) is 31.1 Å². The molecule has 0 aliphatic carbocycles. The highest BCUT2D eigenvalue weighted by molar-refractivity contribution is 7.87. The minimum absolute atomic E-state index is 0.0412. The molecule has 182 valence electrons. The van der Waals surface area contributed by atoms with E-state index in [4.69, 9.17) is 14.0 Å². The Labute approximate surface area is 198 Å². The molecule has 8 nitrogen and oxygen atoms in total. The van der Waals surface area contributed by atoms with Crippen molar-refractivity contribution in [1.82, 2.24) is 10.5 Å². The number of methoxy groups -OCH3 is 1. The summed E-state index contributed by atoms with van der Waals surface area (Å²) in [4.78, 5) is 12.9. The summed E-state index contributed by atoms with van der Waals surface area (Å²) in [5.74, 6) is 0.747. The SMILES string of the molecule is COc1ccc(CNCC(C)(C)c2cc(NC(=O)C(C)(C)S(=O)C3CCOCC3)on2)cc1. The Morgan fingerprint density at radius 2 is 1.85 bits per heavy atom. The molecule has 1 fully saturated rings. The number of nitrogens with one attached hydrogen (secondary N) is 2. The molecule has 0 bridgehead atoms. The predicted molar refractivity (Wildman–Crippen MR) is 129 cm³/mol. The molecule has 1 saturated heterocycles. The molecule has 3 rings (SSSR count). The zero-order valence-corrected chi connectivity index (χ0v) is 20.9. The fourth-order valence-corrected chi connectivity index (χ4v) is 5.35. The number of hydrogen-bond acceptors (Lipinski definition) is 7. The Hall–Kier alpha value is -2.23. The van der Waals surface area contributed by atoms with Gasteiger partial charge in [-0.3, -0.25) is 14.3 Å². The maximum atomic E-state index is 13.0. The Morgan fingerprint density at radius 1 is 1.18 bits per heavy atom. The summed E-state index contributed by atoms with van der Waals surface area (Å²) in [6, 6.07) is 9.65. The van der Waals surface area contributed by atoms with Crippen LogP contribution in [0.5, 0.6) is 5.75 Å². The minimum Gasteiger partial charge on any atom is -0.497 e. The van der Waals surface area contributed by atoms with Crippen LogP contribution in [0.25, 0.3) is 0 Å². The van der Waals surface area contributed by atoms with Crippen molar-refractivity contribution in [1.29, 1.82) is 0 Å². The van der Waals surface area contributed by atoms with Gasteiger partial charge in [-0.15, -0.1) is 0 Å². The molecule has 0 spiro atoms. The van der Waals surface area contributed by atoms with E-state index in [0.29, 0.717) is 39.1 Å². The van der Waals surface area contributed by atoms with Gasteiger partial charge in [-0.05, 0) is 44.4 Å². The summed E-state index contributed by atoms with van der Waals surface area (Å²) >= 11 is 0. The molecule has 2 heterocycles. The van der Waals surface area contributed by atoms with Crippen LogP contribution in [0.1, 0.15) is 51.8 Å². The lowest BCUT2D eigenvalue weighted by atomic mass is 9.89. The molecule has 0 radical (unpaired) electrons. The molecule has 1 unspecified atom stereocenters. The average Bonchev–Trinajstić information content (AvgIpc) is 3.29. The van der Waals surface area contributed by atoms with E-state index in [0.717, 1.165) is 17.0 Å². The molecule has 2 aromatic rings. The van der Waals surface area contributed by atoms with Crippen LogP contribution in [-0.4, -0.2) is 52.1 Å². The molecule has 1 amide bonds. The number of ether oxygens (including phenoxy) is 2. The number of aromatic nitrogens is 1. The topological polar surface area (TPSA) is 103 Å². The summed E-state index contributed by atoms with van der Waals surface area (Å²) in [5, 5.41) is 10.3. The highest BCUT2D eigenvalue weighted by Crippen LogP contribution is 2.27. The van der Waals surface area contributed by atoms with E-state index in [1.807, 2.05) is 24.3 Å². The first-order chi connectivity index (χ1) is 15.6. The van der Waals surface area contributed by atoms with Crippen molar-refractivity contribution >= 4 is 22.6 Å². The number of carbonyl (C=O) groups excluding carboxylic acids is 1. The van der Waals surface area contributed by atoms with Crippen molar-refractivity contribution in [2.24, 2.45) is 0 Å². The molecule has 1 aliphatic rings. The lowest BCUT2D eigenvalue weighted by Crippen LogP contribution is -2.46. The van der Waals surface area contributed by atoms with Crippen molar-refractivity contribution < 1.29 is 23.0 Å². The standard InChI is InChI=1S/C24H35N3O5S/c1-23(2,16-25-15-17-6-8-18(30-5)9-7-17)20-14-21(32-27-20)26-22(28)24(3,4)33(29)19-10-12-31-13-11-19/h6-9,14,19,25H,10-13,15-16H2,1-5H3,(H,26,28). The number of hydrogen-bond donors (Lipinski definition) is 2. The van der Waals surface area contributed by atoms with Crippen LogP contribution in [0, 0.1) is 0 Å². The molecule has 2 N–H and O–H groups in total. The number of carbonyl (C=O) groups is 1. The summed E-state index contributed by atoms with van der Waals surface area (Å²) < 4.78 is 27.9. The largest absolute Gasteiger partial charge is 0.497 e. The highest BCUT2D eigenvalue weighted by atomic mass is 32.2. The zero-order valence-electron chi connectivity index (χ0n) is 20.1. The number of benzene rings is 1. The molecular formula is C24H35N3O5S. The fourth-order valence-electron chi connectivity index (χ4n) is 3.67. The second-order valence-electron chi connectivity index (χ2n) is 9.49. The molecule has 1 atom stereocenters. The van der Waals surface area contributed by atoms with Gasteiger partial charge in [0.25, 0.3) is 0 Å². The molecule has 1 aliphatic heterocycles. The molecule has 0 saturated carbocycles. The smallest absolute Gasteiger partial charge is 0.245 e. The van der Waals surface area contributed by atoms with Gasteiger partial charge < -0.3 is 19.3 Å². The fraction of sp³-hybridized carbons (Fsp3) is 0.583. The number of anilines is 1. The Kier molecular flexibility index (Phi) is 8.31. The van der Waals surface area contributed by atoms with E-state index in [2.05, 4.69) is 29.6 Å². The predicted octanol–water partition coefficient (Wildman–Crippen LogP) is 3.40. The number of rotatable bonds is 10. The van der Waals surface area contributed by atoms with E-state index < -0.39 is 15.5 Å². The third-order valence-electron chi connectivity index (χ3n) is 6.02. The lowest BCUT2D eigenvalue weighted by molar-refractivity contribution is -0.117. The van der Waals surface area contributed by atoms with Crippen molar-refractivity contribution in [2.45, 2.75) is 62.5 Å². The number of nitrogens with zero attached hydrogens (tertiary/aromatic N) is 1. The quantitative estimate of drug-likeness (QED) is 0.541. The first-order valence-corrected chi connectivity index (χ1v) is 12.5. The van der Waals surface area contributed by atoms with E-state index >= 15 is 0 Å². The first-order valence-electron chi connectivity index (χ1n) is 11.2. The Morgan fingerprint density at radius 3 is 2.48 bits per heavy atom. The van der Waals surface area contributed by atoms with Crippen molar-refractivity contribution in [3.05, 3.63) is 41.6 Å². The lowest BCUT2D eigenvalue weighted by Gasteiger charge is -2.29. The summed E-state index contributed by atoms with van der Waals surface area (Å²) in [5.41, 5.74) is 1.56. The molecule has 9 heteroatoms. The van der Waals surface area contributed by atoms with Crippen LogP contribution in [0.2, 0.25) is 0 Å². The summed E-state index contributed by atoms with van der Waals surface area (Å²) in [6.45, 7) is 10.1. The highest BCUT2D eigenvalue weighted by Gasteiger charge is 2.40. The monoisotopic (exact) mass is 477 g/mol. The van der Waals surface area contributed by atoms with E-state index in [9.17, 15) is 9.00 Å². The average molecular weight is 478 g/mol. The second-order valence-corrected chi connectivity index (χ2v) is 11.8. The number of amides is 1. The molecule has 1 aromatic heterocycles. The normalized spacial score (nSPS) is 16.4. The molecule has 1 aromatic carbocycles. The van der Waals surface area contributed by atoms with E-state index in [1.54, 1.807) is 27.0 Å². The van der Waals surface area contributed by atoms with Gasteiger partial charge in [0.2, 0.25) is 11.8 Å². The van der Waals surface area contributed by atoms with Gasteiger partial charge >= 0.3 is 0 Å². The van der Waals surface area contributed by atoms with Gasteiger partial charge in [0.15, 0.2) is 0 Å². The van der Waals surface area contributed by atoms with Crippen molar-refractivity contribution in [3.8, 4) is 5.75 Å². The van der Waals surface area contributed by atoms with Gasteiger partial charge in [0.1, 0.15) is 10.5 Å². The Balaban J connectivity index is 1.55. The van der Waals surface area contributed by atoms with E-state index in [1.165, 1.54) is 0 Å². The van der Waals surface area contributed by atoms with Crippen molar-refractivity contribution in [3.63, 3.8) is 0 Å². The van der Waals surface area contributed by atoms with Crippen LogP contribution in [-0.2, 0) is 32.3 Å². The van der Waals surface area contributed by atoms with Crippen LogP contribution < -0.4 is 15.4 Å². The molecule has 33 heavy (non-hydrogen) atoms. The van der Waals surface area contributed by atoms with Gasteiger partial charge in [0, 0.05) is 53.8 Å². The minimum atomic E-state index is -1.33. The third-order valence-corrected chi connectivity index (χ3v) is 8.28. The van der Waals surface area contributed by atoms with E-state index in [-0.39, 0.29) is 22.5 Å². The zero-order chi connectivity index (χ0) is 24.1. The third kappa shape index (κ3) is 6.43. The maximum absolute atomic E-state index is 13.0. The van der Waals surface area contributed by atoms with Gasteiger partial charge in [0.05, 0.1) is 12.8 Å². The first kappa shape index (κ1) is 25.4. The second kappa shape index (κ2) is 10.8. The van der Waals surface area contributed by atoms with Gasteiger partial charge in [-0.25, -0.2) is 0 Å². The molecular weight excluding hydrogens is 442 g/mol. The van der Waals surface area contributed by atoms with Crippen molar-refractivity contribution in [2.75, 3.05) is 32.2 Å². The Bertz CT molecular complexity index is 949. The van der Waals surface area contributed by atoms with Crippen LogP contribution in [0.3, 0.4) is 0 Å². The van der Waals surface area contributed by atoms with Crippen LogP contribution in [0.15, 0.2) is 34.9 Å².